The van der Waals surface area contributed by atoms with Gasteiger partial charge in [0.15, 0.2) is 17.5 Å². The van der Waals surface area contributed by atoms with E-state index >= 15 is 0 Å². The second kappa shape index (κ2) is 8.71. The van der Waals surface area contributed by atoms with E-state index < -0.39 is 0 Å². The van der Waals surface area contributed by atoms with Gasteiger partial charge >= 0.3 is 0 Å². The number of nitrogens with zero attached hydrogens (tertiary/aromatic N) is 2. The van der Waals surface area contributed by atoms with E-state index in [2.05, 4.69) is 20.7 Å². The van der Waals surface area contributed by atoms with Crippen LogP contribution in [0.25, 0.3) is 0 Å². The van der Waals surface area contributed by atoms with Crippen LogP contribution >= 0.6 is 11.3 Å². The maximum absolute atomic E-state index is 5.97. The number of hydrogen-bond acceptors (Lipinski definition) is 5. The van der Waals surface area contributed by atoms with Crippen LogP contribution in [0.2, 0.25) is 0 Å². The van der Waals surface area contributed by atoms with Crippen molar-refractivity contribution >= 4 is 23.0 Å². The minimum absolute atomic E-state index is 0.416. The van der Waals surface area contributed by atoms with E-state index in [4.69, 9.17) is 15.2 Å². The summed E-state index contributed by atoms with van der Waals surface area (Å²) in [4.78, 5) is 8.85. The van der Waals surface area contributed by atoms with E-state index in [0.717, 1.165) is 48.6 Å². The Morgan fingerprint density at radius 1 is 1.28 bits per heavy atom. The van der Waals surface area contributed by atoms with Gasteiger partial charge < -0.3 is 20.5 Å². The Balaban J connectivity index is 1.44. The molecule has 0 saturated heterocycles. The summed E-state index contributed by atoms with van der Waals surface area (Å²) in [5, 5.41) is 6.39. The number of anilines is 1. The van der Waals surface area contributed by atoms with Crippen LogP contribution < -0.4 is 20.5 Å². The largest absolute Gasteiger partial charge is 0.490 e. The molecule has 0 radical (unpaired) electrons. The van der Waals surface area contributed by atoms with Crippen LogP contribution in [0.3, 0.4) is 0 Å². The summed E-state index contributed by atoms with van der Waals surface area (Å²) in [5.41, 5.74) is 7.92. The Morgan fingerprint density at radius 2 is 2.12 bits per heavy atom. The summed E-state index contributed by atoms with van der Waals surface area (Å²) in [5.74, 6) is 1.93. The fourth-order valence-electron chi connectivity index (χ4n) is 2.53. The highest BCUT2D eigenvalue weighted by Gasteiger charge is 2.10. The normalized spacial score (nSPS) is 14.2. The van der Waals surface area contributed by atoms with Crippen LogP contribution in [0.15, 0.2) is 28.6 Å². The third-order valence-electron chi connectivity index (χ3n) is 3.77. The predicted octanol–water partition coefficient (Wildman–Crippen LogP) is 3.36. The number of nitrogens with two attached hydrogens (primary N) is 1. The van der Waals surface area contributed by atoms with Crippen molar-refractivity contribution in [2.24, 2.45) is 10.7 Å². The van der Waals surface area contributed by atoms with Crippen molar-refractivity contribution in [2.45, 2.75) is 32.6 Å². The van der Waals surface area contributed by atoms with Crippen molar-refractivity contribution in [3.05, 3.63) is 34.3 Å². The first-order valence-electron chi connectivity index (χ1n) is 8.58. The number of aryl methyl sites for hydroxylation is 2. The molecule has 2 heterocycles. The molecule has 0 atom stereocenters. The molecule has 0 unspecified atom stereocenters. The van der Waals surface area contributed by atoms with Gasteiger partial charge in [-0.15, -0.1) is 11.3 Å². The first-order valence-corrected chi connectivity index (χ1v) is 9.46. The Morgan fingerprint density at radius 3 is 2.92 bits per heavy atom. The highest BCUT2D eigenvalue weighted by atomic mass is 32.1. The Bertz CT molecular complexity index is 730. The minimum Gasteiger partial charge on any atom is -0.490 e. The molecule has 0 aliphatic carbocycles. The molecule has 2 aromatic rings. The lowest BCUT2D eigenvalue weighted by Crippen LogP contribution is -2.22. The standard InChI is InChI=1S/C18H24N4O2S/c1-13-12-25-17(21-13)5-2-3-8-20-18(19)22-14-6-7-15-16(11-14)24-10-4-9-23-15/h6-7,11-12H,2-5,8-10H2,1H3,(H3,19,20,22). The first-order chi connectivity index (χ1) is 12.2. The molecule has 0 saturated carbocycles. The third-order valence-corrected chi connectivity index (χ3v) is 4.79. The van der Waals surface area contributed by atoms with Crippen molar-refractivity contribution in [3.63, 3.8) is 0 Å². The Labute approximate surface area is 152 Å². The van der Waals surface area contributed by atoms with Crippen molar-refractivity contribution in [2.75, 3.05) is 25.1 Å². The summed E-state index contributed by atoms with van der Waals surface area (Å²) in [6.07, 6.45) is 3.95. The zero-order valence-corrected chi connectivity index (χ0v) is 15.3. The smallest absolute Gasteiger partial charge is 0.193 e. The molecule has 3 N–H and O–H groups in total. The molecule has 7 heteroatoms. The second-order valence-corrected chi connectivity index (χ2v) is 6.89. The summed E-state index contributed by atoms with van der Waals surface area (Å²) in [6, 6.07) is 5.71. The van der Waals surface area contributed by atoms with Crippen LogP contribution in [0.5, 0.6) is 11.5 Å². The van der Waals surface area contributed by atoms with Gasteiger partial charge in [-0.1, -0.05) is 0 Å². The molecular formula is C18H24N4O2S. The molecule has 1 aliphatic heterocycles. The Hall–Kier alpha value is -2.28. The number of hydrogen-bond donors (Lipinski definition) is 2. The van der Waals surface area contributed by atoms with Crippen molar-refractivity contribution < 1.29 is 9.47 Å². The molecule has 0 spiro atoms. The molecule has 0 amide bonds. The van der Waals surface area contributed by atoms with Gasteiger partial charge in [0.05, 0.1) is 18.2 Å². The molecule has 0 fully saturated rings. The molecule has 0 bridgehead atoms. The van der Waals surface area contributed by atoms with Gasteiger partial charge in [-0.3, -0.25) is 4.99 Å². The van der Waals surface area contributed by atoms with E-state index in [1.54, 1.807) is 11.3 Å². The quantitative estimate of drug-likeness (QED) is 0.469. The number of benzene rings is 1. The lowest BCUT2D eigenvalue weighted by atomic mass is 10.2. The lowest BCUT2D eigenvalue weighted by molar-refractivity contribution is 0.297. The van der Waals surface area contributed by atoms with Gasteiger partial charge in [0.1, 0.15) is 0 Å². The van der Waals surface area contributed by atoms with Crippen molar-refractivity contribution in [1.82, 2.24) is 4.98 Å². The fraction of sp³-hybridized carbons (Fsp3) is 0.444. The van der Waals surface area contributed by atoms with Crippen LogP contribution in [-0.2, 0) is 6.42 Å². The summed E-state index contributed by atoms with van der Waals surface area (Å²) in [6.45, 7) is 4.08. The number of nitrogens with one attached hydrogen (secondary N) is 1. The topological polar surface area (TPSA) is 81.8 Å². The number of aliphatic imine (C=N–C) groups is 1. The number of fused-ring (bicyclic) bond motifs is 1. The first kappa shape index (κ1) is 17.5. The van der Waals surface area contributed by atoms with Crippen molar-refractivity contribution in [3.8, 4) is 11.5 Å². The van der Waals surface area contributed by atoms with E-state index in [1.165, 1.54) is 5.01 Å². The molecule has 134 valence electrons. The van der Waals surface area contributed by atoms with Crippen LogP contribution in [0.4, 0.5) is 5.69 Å². The zero-order chi connectivity index (χ0) is 17.5. The average Bonchev–Trinajstić information content (AvgIpc) is 2.87. The van der Waals surface area contributed by atoms with E-state index in [0.29, 0.717) is 25.7 Å². The number of unbranched alkanes of at least 4 members (excludes halogenated alkanes) is 1. The van der Waals surface area contributed by atoms with Gasteiger partial charge in [-0.2, -0.15) is 0 Å². The second-order valence-electron chi connectivity index (χ2n) is 5.94. The highest BCUT2D eigenvalue weighted by Crippen LogP contribution is 2.32. The van der Waals surface area contributed by atoms with Crippen LogP contribution in [0, 0.1) is 6.92 Å². The van der Waals surface area contributed by atoms with Crippen LogP contribution in [0.1, 0.15) is 30.0 Å². The zero-order valence-electron chi connectivity index (χ0n) is 14.5. The maximum atomic E-state index is 5.97. The van der Waals surface area contributed by atoms with Crippen molar-refractivity contribution in [1.29, 1.82) is 0 Å². The summed E-state index contributed by atoms with van der Waals surface area (Å²) < 4.78 is 11.3. The van der Waals surface area contributed by atoms with Gasteiger partial charge in [0.25, 0.3) is 0 Å². The van der Waals surface area contributed by atoms with Gasteiger partial charge in [0, 0.05) is 35.8 Å². The molecule has 3 rings (SSSR count). The third kappa shape index (κ3) is 5.35. The highest BCUT2D eigenvalue weighted by molar-refractivity contribution is 7.09. The predicted molar refractivity (Wildman–Crippen MR) is 102 cm³/mol. The molecule has 25 heavy (non-hydrogen) atoms. The number of thiazole rings is 1. The average molecular weight is 360 g/mol. The fourth-order valence-corrected chi connectivity index (χ4v) is 3.35. The van der Waals surface area contributed by atoms with E-state index in [1.807, 2.05) is 25.1 Å². The van der Waals surface area contributed by atoms with Gasteiger partial charge in [-0.05, 0) is 38.3 Å². The maximum Gasteiger partial charge on any atom is 0.193 e. The molecule has 1 aromatic heterocycles. The monoisotopic (exact) mass is 360 g/mol. The number of ether oxygens (including phenoxy) is 2. The van der Waals surface area contributed by atoms with Gasteiger partial charge in [-0.25, -0.2) is 4.98 Å². The lowest BCUT2D eigenvalue weighted by Gasteiger charge is -2.10. The van der Waals surface area contributed by atoms with E-state index in [9.17, 15) is 0 Å². The SMILES string of the molecule is Cc1csc(CCCCN=C(N)Nc2ccc3c(c2)OCCCO3)n1. The Kier molecular flexibility index (Phi) is 6.11. The summed E-state index contributed by atoms with van der Waals surface area (Å²) >= 11 is 1.72. The molecular weight excluding hydrogens is 336 g/mol. The summed E-state index contributed by atoms with van der Waals surface area (Å²) in [7, 11) is 0. The van der Waals surface area contributed by atoms with Gasteiger partial charge in [0.2, 0.25) is 0 Å². The number of guanidine groups is 1. The van der Waals surface area contributed by atoms with E-state index in [-0.39, 0.29) is 0 Å². The molecule has 1 aliphatic rings. The molecule has 1 aromatic carbocycles. The minimum atomic E-state index is 0.416. The molecule has 6 nitrogen and oxygen atoms in total. The van der Waals surface area contributed by atoms with Crippen LogP contribution in [-0.4, -0.2) is 30.7 Å². The number of rotatable bonds is 6. The number of aromatic nitrogens is 1.